The van der Waals surface area contributed by atoms with Gasteiger partial charge >= 0.3 is 0 Å². The largest absolute Gasteiger partial charge is 0.314 e. The fraction of sp³-hybridized carbons (Fsp3) is 1.00. The van der Waals surface area contributed by atoms with Crippen LogP contribution in [0.15, 0.2) is 0 Å². The van der Waals surface area contributed by atoms with Crippen LogP contribution in [0.5, 0.6) is 0 Å². The highest BCUT2D eigenvalue weighted by molar-refractivity contribution is 4.85. The molecule has 2 atom stereocenters. The van der Waals surface area contributed by atoms with E-state index >= 15 is 0 Å². The number of nitrogens with zero attached hydrogens (tertiary/aromatic N) is 2. The van der Waals surface area contributed by atoms with Crippen molar-refractivity contribution < 1.29 is 10.4 Å². The van der Waals surface area contributed by atoms with Crippen LogP contribution in [0.2, 0.25) is 0 Å². The fourth-order valence-electron chi connectivity index (χ4n) is 2.67. The highest BCUT2D eigenvalue weighted by atomic mass is 16.5. The molecule has 2 aliphatic heterocycles. The van der Waals surface area contributed by atoms with Gasteiger partial charge in [-0.25, -0.2) is 0 Å². The lowest BCUT2D eigenvalue weighted by Gasteiger charge is -2.41. The molecule has 14 heavy (non-hydrogen) atoms. The number of rotatable bonds is 1. The second kappa shape index (κ2) is 4.57. The standard InChI is InChI=1S/C10H20N2O2/c13-11-7-3-1-5-9(11)10-6-2-4-8-12(10)14/h9-10,13-14H,1-8H2. The van der Waals surface area contributed by atoms with Crippen LogP contribution in [0.3, 0.4) is 0 Å². The van der Waals surface area contributed by atoms with Gasteiger partial charge in [0.05, 0.1) is 12.1 Å². The number of hydrogen-bond acceptors (Lipinski definition) is 4. The molecule has 0 bridgehead atoms. The normalized spacial score (nSPS) is 37.3. The molecule has 4 nitrogen and oxygen atoms in total. The number of hydrogen-bond donors (Lipinski definition) is 2. The lowest BCUT2D eigenvalue weighted by Crippen LogP contribution is -2.53. The molecule has 2 N–H and O–H groups in total. The van der Waals surface area contributed by atoms with Gasteiger partial charge in [0.15, 0.2) is 0 Å². The topological polar surface area (TPSA) is 46.9 Å². The summed E-state index contributed by atoms with van der Waals surface area (Å²) in [7, 11) is 0. The fourth-order valence-corrected chi connectivity index (χ4v) is 2.67. The van der Waals surface area contributed by atoms with Crippen molar-refractivity contribution in [2.45, 2.75) is 50.6 Å². The van der Waals surface area contributed by atoms with Gasteiger partial charge in [0.25, 0.3) is 0 Å². The van der Waals surface area contributed by atoms with Crippen molar-refractivity contribution >= 4 is 0 Å². The van der Waals surface area contributed by atoms with Gasteiger partial charge < -0.3 is 10.4 Å². The molecule has 0 amide bonds. The zero-order chi connectivity index (χ0) is 9.97. The third-order valence-corrected chi connectivity index (χ3v) is 3.48. The SMILES string of the molecule is ON1CCCCC1C1CCCCN1O. The van der Waals surface area contributed by atoms with Crippen LogP contribution in [0, 0.1) is 0 Å². The summed E-state index contributed by atoms with van der Waals surface area (Å²) in [4.78, 5) is 0. The lowest BCUT2D eigenvalue weighted by molar-refractivity contribution is -0.215. The first kappa shape index (κ1) is 10.4. The maximum atomic E-state index is 9.73. The smallest absolute Gasteiger partial charge is 0.0528 e. The Morgan fingerprint density at radius 1 is 0.714 bits per heavy atom. The van der Waals surface area contributed by atoms with Crippen LogP contribution in [0.25, 0.3) is 0 Å². The van der Waals surface area contributed by atoms with Crippen LogP contribution in [0.1, 0.15) is 38.5 Å². The Kier molecular flexibility index (Phi) is 3.38. The predicted octanol–water partition coefficient (Wildman–Crippen LogP) is 1.47. The van der Waals surface area contributed by atoms with Crippen molar-refractivity contribution in [3.8, 4) is 0 Å². The molecule has 0 aromatic rings. The van der Waals surface area contributed by atoms with Crippen LogP contribution >= 0.6 is 0 Å². The van der Waals surface area contributed by atoms with E-state index in [-0.39, 0.29) is 12.1 Å². The van der Waals surface area contributed by atoms with Gasteiger partial charge in [-0.15, -0.1) is 0 Å². The summed E-state index contributed by atoms with van der Waals surface area (Å²) in [6, 6.07) is 0.295. The molecule has 0 aromatic carbocycles. The molecule has 2 aliphatic rings. The Balaban J connectivity index is 1.96. The van der Waals surface area contributed by atoms with Crippen molar-refractivity contribution in [1.29, 1.82) is 0 Å². The highest BCUT2D eigenvalue weighted by Crippen LogP contribution is 2.26. The summed E-state index contributed by atoms with van der Waals surface area (Å²) in [5.41, 5.74) is 0. The van der Waals surface area contributed by atoms with Crippen LogP contribution < -0.4 is 0 Å². The summed E-state index contributed by atoms with van der Waals surface area (Å²) in [5, 5.41) is 22.3. The van der Waals surface area contributed by atoms with E-state index in [2.05, 4.69) is 0 Å². The van der Waals surface area contributed by atoms with Crippen LogP contribution in [0.4, 0.5) is 0 Å². The summed E-state index contributed by atoms with van der Waals surface area (Å²) in [6.45, 7) is 1.52. The molecule has 0 saturated carbocycles. The molecule has 2 heterocycles. The van der Waals surface area contributed by atoms with Crippen molar-refractivity contribution in [3.05, 3.63) is 0 Å². The van der Waals surface area contributed by atoms with Crippen molar-refractivity contribution in [2.75, 3.05) is 13.1 Å². The second-order valence-corrected chi connectivity index (χ2v) is 4.45. The molecule has 0 spiro atoms. The minimum Gasteiger partial charge on any atom is -0.314 e. The summed E-state index contributed by atoms with van der Waals surface area (Å²) < 4.78 is 0. The number of piperidine rings is 2. The molecule has 2 rings (SSSR count). The predicted molar refractivity (Wildman–Crippen MR) is 52.3 cm³/mol. The first-order chi connectivity index (χ1) is 6.79. The average molecular weight is 200 g/mol. The Hall–Kier alpha value is -0.160. The maximum absolute atomic E-state index is 9.73. The van der Waals surface area contributed by atoms with Gasteiger partial charge in [-0.05, 0) is 25.7 Å². The lowest BCUT2D eigenvalue weighted by atomic mass is 9.91. The second-order valence-electron chi connectivity index (χ2n) is 4.45. The minimum atomic E-state index is 0.147. The maximum Gasteiger partial charge on any atom is 0.0528 e. The summed E-state index contributed by atoms with van der Waals surface area (Å²) >= 11 is 0. The third-order valence-electron chi connectivity index (χ3n) is 3.48. The molecule has 0 aromatic heterocycles. The Morgan fingerprint density at radius 2 is 1.14 bits per heavy atom. The van der Waals surface area contributed by atoms with E-state index in [1.54, 1.807) is 0 Å². The Morgan fingerprint density at radius 3 is 1.50 bits per heavy atom. The molecule has 2 saturated heterocycles. The molecule has 2 unspecified atom stereocenters. The molecular formula is C10H20N2O2. The van der Waals surface area contributed by atoms with E-state index in [1.165, 1.54) is 23.0 Å². The van der Waals surface area contributed by atoms with Crippen molar-refractivity contribution in [3.63, 3.8) is 0 Å². The van der Waals surface area contributed by atoms with E-state index in [1.807, 2.05) is 0 Å². The zero-order valence-corrected chi connectivity index (χ0v) is 8.60. The monoisotopic (exact) mass is 200 g/mol. The van der Waals surface area contributed by atoms with Crippen molar-refractivity contribution in [2.24, 2.45) is 0 Å². The molecule has 2 fully saturated rings. The minimum absolute atomic E-state index is 0.147. The van der Waals surface area contributed by atoms with E-state index in [9.17, 15) is 10.4 Å². The first-order valence-corrected chi connectivity index (χ1v) is 5.70. The van der Waals surface area contributed by atoms with Crippen LogP contribution in [-0.2, 0) is 0 Å². The zero-order valence-electron chi connectivity index (χ0n) is 8.60. The van der Waals surface area contributed by atoms with E-state index in [4.69, 9.17) is 0 Å². The van der Waals surface area contributed by atoms with E-state index in [0.29, 0.717) is 0 Å². The van der Waals surface area contributed by atoms with Gasteiger partial charge in [0.1, 0.15) is 0 Å². The summed E-state index contributed by atoms with van der Waals surface area (Å²) in [6.07, 6.45) is 6.52. The number of hydroxylamine groups is 4. The molecule has 4 heteroatoms. The van der Waals surface area contributed by atoms with E-state index in [0.717, 1.165) is 38.8 Å². The summed E-state index contributed by atoms with van der Waals surface area (Å²) in [5.74, 6) is 0. The molecule has 0 radical (unpaired) electrons. The van der Waals surface area contributed by atoms with Gasteiger partial charge in [0, 0.05) is 13.1 Å². The van der Waals surface area contributed by atoms with Gasteiger partial charge in [0.2, 0.25) is 0 Å². The molecule has 82 valence electrons. The van der Waals surface area contributed by atoms with Gasteiger partial charge in [-0.1, -0.05) is 12.8 Å². The quantitative estimate of drug-likeness (QED) is 0.673. The third kappa shape index (κ3) is 2.08. The average Bonchev–Trinajstić information content (AvgIpc) is 2.20. The highest BCUT2D eigenvalue weighted by Gasteiger charge is 2.34. The Bertz CT molecular complexity index is 169. The molecule has 0 aliphatic carbocycles. The van der Waals surface area contributed by atoms with E-state index < -0.39 is 0 Å². The molecular weight excluding hydrogens is 180 g/mol. The van der Waals surface area contributed by atoms with Gasteiger partial charge in [-0.3, -0.25) is 0 Å². The van der Waals surface area contributed by atoms with Crippen molar-refractivity contribution in [1.82, 2.24) is 10.1 Å². The Labute approximate surface area is 85.0 Å². The first-order valence-electron chi connectivity index (χ1n) is 5.70. The van der Waals surface area contributed by atoms with Gasteiger partial charge in [-0.2, -0.15) is 10.1 Å². The van der Waals surface area contributed by atoms with Crippen LogP contribution in [-0.4, -0.2) is 45.7 Å².